The summed E-state index contributed by atoms with van der Waals surface area (Å²) in [6, 6.07) is 9.68. The lowest BCUT2D eigenvalue weighted by atomic mass is 10.1. The Kier molecular flexibility index (Phi) is 9.20. The monoisotopic (exact) mass is 471 g/mol. The normalized spacial score (nSPS) is 11.0. The van der Waals surface area contributed by atoms with Gasteiger partial charge >= 0.3 is 5.97 Å². The molecule has 3 rings (SSSR count). The molecule has 1 amide bonds. The highest BCUT2D eigenvalue weighted by molar-refractivity contribution is 7.99. The predicted octanol–water partition coefficient (Wildman–Crippen LogP) is 4.27. The number of esters is 1. The maximum atomic E-state index is 11.7. The summed E-state index contributed by atoms with van der Waals surface area (Å²) in [5.74, 6) is 0.514. The van der Waals surface area contributed by atoms with E-state index >= 15 is 0 Å². The van der Waals surface area contributed by atoms with E-state index < -0.39 is 0 Å². The number of benzene rings is 1. The maximum Gasteiger partial charge on any atom is 0.302 e. The Morgan fingerprint density at radius 1 is 1.06 bits per heavy atom. The van der Waals surface area contributed by atoms with Crippen LogP contribution in [-0.4, -0.2) is 50.4 Å². The Balaban J connectivity index is 2.00. The van der Waals surface area contributed by atoms with Crippen LogP contribution in [0.4, 0.5) is 5.95 Å². The molecule has 2 heterocycles. The van der Waals surface area contributed by atoms with Gasteiger partial charge in [0, 0.05) is 25.2 Å². The molecule has 3 aromatic rings. The van der Waals surface area contributed by atoms with Crippen LogP contribution in [0.25, 0.3) is 22.4 Å². The van der Waals surface area contributed by atoms with Gasteiger partial charge in [-0.25, -0.2) is 9.97 Å². The van der Waals surface area contributed by atoms with Crippen molar-refractivity contribution in [2.75, 3.05) is 24.3 Å². The van der Waals surface area contributed by atoms with Crippen molar-refractivity contribution in [1.29, 1.82) is 0 Å². The SMILES string of the molecule is CCCCCSc1nc2c(-c3ccccc3)nc(NC(C)=O)nc2n1COCCOC(C)=O. The first-order valence-electron chi connectivity index (χ1n) is 10.9. The van der Waals surface area contributed by atoms with Gasteiger partial charge in [-0.15, -0.1) is 0 Å². The molecule has 1 N–H and O–H groups in total. The van der Waals surface area contributed by atoms with Gasteiger partial charge in [0.2, 0.25) is 11.9 Å². The molecule has 0 aliphatic heterocycles. The number of hydrogen-bond acceptors (Lipinski definition) is 8. The number of anilines is 1. The van der Waals surface area contributed by atoms with Gasteiger partial charge < -0.3 is 9.47 Å². The maximum absolute atomic E-state index is 11.7. The second kappa shape index (κ2) is 12.3. The number of aromatic nitrogens is 4. The van der Waals surface area contributed by atoms with Gasteiger partial charge in [0.05, 0.1) is 6.61 Å². The summed E-state index contributed by atoms with van der Waals surface area (Å²) in [5, 5.41) is 3.45. The van der Waals surface area contributed by atoms with Crippen LogP contribution in [0.15, 0.2) is 35.5 Å². The third-order valence-corrected chi connectivity index (χ3v) is 5.69. The van der Waals surface area contributed by atoms with Crippen molar-refractivity contribution < 1.29 is 19.1 Å². The van der Waals surface area contributed by atoms with Crippen LogP contribution in [0, 0.1) is 0 Å². The third-order valence-electron chi connectivity index (χ3n) is 4.63. The summed E-state index contributed by atoms with van der Waals surface area (Å²) >= 11 is 1.64. The van der Waals surface area contributed by atoms with Gasteiger partial charge in [-0.3, -0.25) is 19.5 Å². The minimum Gasteiger partial charge on any atom is -0.463 e. The number of hydrogen-bond donors (Lipinski definition) is 1. The molecule has 0 saturated heterocycles. The van der Waals surface area contributed by atoms with E-state index in [4.69, 9.17) is 14.5 Å². The molecule has 2 aromatic heterocycles. The Morgan fingerprint density at radius 3 is 2.55 bits per heavy atom. The number of rotatable bonds is 12. The van der Waals surface area contributed by atoms with Crippen LogP contribution >= 0.6 is 11.8 Å². The number of ether oxygens (including phenoxy) is 2. The molecule has 33 heavy (non-hydrogen) atoms. The van der Waals surface area contributed by atoms with Gasteiger partial charge in [0.25, 0.3) is 0 Å². The highest BCUT2D eigenvalue weighted by atomic mass is 32.2. The first kappa shape index (κ1) is 24.7. The van der Waals surface area contributed by atoms with Gasteiger partial charge in [-0.1, -0.05) is 61.9 Å². The summed E-state index contributed by atoms with van der Waals surface area (Å²) in [7, 11) is 0. The molecular formula is C23H29N5O4S. The molecule has 0 aliphatic rings. The fourth-order valence-corrected chi connectivity index (χ4v) is 4.12. The number of nitrogens with zero attached hydrogens (tertiary/aromatic N) is 4. The number of nitrogens with one attached hydrogen (secondary N) is 1. The Bertz CT molecular complexity index is 1090. The summed E-state index contributed by atoms with van der Waals surface area (Å²) in [5.41, 5.74) is 2.72. The molecule has 0 fully saturated rings. The first-order valence-corrected chi connectivity index (χ1v) is 11.9. The first-order chi connectivity index (χ1) is 16.0. The lowest BCUT2D eigenvalue weighted by Gasteiger charge is -2.10. The number of amides is 1. The van der Waals surface area contributed by atoms with E-state index in [1.54, 1.807) is 11.8 Å². The smallest absolute Gasteiger partial charge is 0.302 e. The molecule has 0 unspecified atom stereocenters. The quantitative estimate of drug-likeness (QED) is 0.237. The van der Waals surface area contributed by atoms with Crippen LogP contribution < -0.4 is 5.32 Å². The molecule has 176 valence electrons. The van der Waals surface area contributed by atoms with Crippen molar-refractivity contribution in [2.24, 2.45) is 0 Å². The van der Waals surface area contributed by atoms with Crippen LogP contribution in [0.1, 0.15) is 40.0 Å². The van der Waals surface area contributed by atoms with Crippen molar-refractivity contribution in [3.05, 3.63) is 30.3 Å². The molecule has 0 saturated carbocycles. The van der Waals surface area contributed by atoms with Gasteiger partial charge in [0.1, 0.15) is 24.5 Å². The zero-order valence-electron chi connectivity index (χ0n) is 19.2. The number of fused-ring (bicyclic) bond motifs is 1. The van der Waals surface area contributed by atoms with E-state index in [1.807, 2.05) is 34.9 Å². The van der Waals surface area contributed by atoms with Crippen molar-refractivity contribution in [3.8, 4) is 11.3 Å². The highest BCUT2D eigenvalue weighted by Gasteiger charge is 2.20. The predicted molar refractivity (Wildman–Crippen MR) is 128 cm³/mol. The Morgan fingerprint density at radius 2 is 1.85 bits per heavy atom. The number of imidazole rings is 1. The van der Waals surface area contributed by atoms with Crippen molar-refractivity contribution in [3.63, 3.8) is 0 Å². The van der Waals surface area contributed by atoms with E-state index in [9.17, 15) is 9.59 Å². The van der Waals surface area contributed by atoms with E-state index in [1.165, 1.54) is 13.8 Å². The Hall–Kier alpha value is -2.98. The van der Waals surface area contributed by atoms with Crippen LogP contribution in [0.2, 0.25) is 0 Å². The van der Waals surface area contributed by atoms with E-state index in [2.05, 4.69) is 22.2 Å². The van der Waals surface area contributed by atoms with Crippen molar-refractivity contribution in [2.45, 2.75) is 51.9 Å². The minimum absolute atomic E-state index is 0.169. The molecule has 0 bridgehead atoms. The van der Waals surface area contributed by atoms with Crippen molar-refractivity contribution in [1.82, 2.24) is 19.5 Å². The fraction of sp³-hybridized carbons (Fsp3) is 0.435. The number of carbonyl (C=O) groups excluding carboxylic acids is 2. The molecule has 9 nitrogen and oxygen atoms in total. The number of unbranched alkanes of at least 4 members (excludes halogenated alkanes) is 2. The fourth-order valence-electron chi connectivity index (χ4n) is 3.13. The summed E-state index contributed by atoms with van der Waals surface area (Å²) in [6.45, 7) is 5.54. The molecule has 0 aliphatic carbocycles. The van der Waals surface area contributed by atoms with E-state index in [0.29, 0.717) is 16.9 Å². The van der Waals surface area contributed by atoms with E-state index in [-0.39, 0.29) is 37.8 Å². The zero-order chi connectivity index (χ0) is 23.6. The second-order valence-corrected chi connectivity index (χ2v) is 8.43. The lowest BCUT2D eigenvalue weighted by molar-refractivity contribution is -0.142. The standard InChI is InChI=1S/C23H29N5O4S/c1-4-5-9-14-33-23-26-20-19(18-10-7-6-8-11-18)25-22(24-16(2)29)27-21(20)28(23)15-31-12-13-32-17(3)30/h6-8,10-11H,4-5,9,12-15H2,1-3H3,(H,24,25,27,29). The number of thioether (sulfide) groups is 1. The topological polar surface area (TPSA) is 108 Å². The van der Waals surface area contributed by atoms with Crippen LogP contribution in [0.5, 0.6) is 0 Å². The summed E-state index contributed by atoms with van der Waals surface area (Å²) in [4.78, 5) is 36.7. The van der Waals surface area contributed by atoms with Crippen LogP contribution in [-0.2, 0) is 25.8 Å². The largest absolute Gasteiger partial charge is 0.463 e. The summed E-state index contributed by atoms with van der Waals surface area (Å²) in [6.07, 6.45) is 3.36. The molecule has 1 aromatic carbocycles. The average Bonchev–Trinajstić information content (AvgIpc) is 3.13. The lowest BCUT2D eigenvalue weighted by Crippen LogP contribution is -2.13. The zero-order valence-corrected chi connectivity index (χ0v) is 20.0. The van der Waals surface area contributed by atoms with Crippen LogP contribution in [0.3, 0.4) is 0 Å². The second-order valence-electron chi connectivity index (χ2n) is 7.37. The molecular weight excluding hydrogens is 442 g/mol. The molecule has 0 radical (unpaired) electrons. The molecule has 0 atom stereocenters. The van der Waals surface area contributed by atoms with Gasteiger partial charge in [0.15, 0.2) is 10.8 Å². The van der Waals surface area contributed by atoms with Gasteiger partial charge in [-0.05, 0) is 6.42 Å². The number of carbonyl (C=O) groups is 2. The third kappa shape index (κ3) is 7.00. The molecule has 0 spiro atoms. The summed E-state index contributed by atoms with van der Waals surface area (Å²) < 4.78 is 12.6. The minimum atomic E-state index is -0.348. The highest BCUT2D eigenvalue weighted by Crippen LogP contribution is 2.31. The van der Waals surface area contributed by atoms with E-state index in [0.717, 1.165) is 35.7 Å². The van der Waals surface area contributed by atoms with Crippen molar-refractivity contribution >= 4 is 40.8 Å². The molecule has 10 heteroatoms. The average molecular weight is 472 g/mol. The Labute approximate surface area is 197 Å². The van der Waals surface area contributed by atoms with Gasteiger partial charge in [-0.2, -0.15) is 4.98 Å².